The van der Waals surface area contributed by atoms with Gasteiger partial charge in [0.2, 0.25) is 0 Å². The number of hydrogen-bond donors (Lipinski definition) is 1. The van der Waals surface area contributed by atoms with Crippen LogP contribution in [0.3, 0.4) is 0 Å². The lowest BCUT2D eigenvalue weighted by Crippen LogP contribution is -2.08. The molecule has 32 heavy (non-hydrogen) atoms. The van der Waals surface area contributed by atoms with E-state index in [0.717, 1.165) is 12.8 Å². The van der Waals surface area contributed by atoms with Crippen LogP contribution in [0.25, 0.3) is 0 Å². The average Bonchev–Trinajstić information content (AvgIpc) is 3.28. The summed E-state index contributed by atoms with van der Waals surface area (Å²) in [5, 5.41) is 10.5. The Hall–Kier alpha value is -3.09. The summed E-state index contributed by atoms with van der Waals surface area (Å²) in [5.41, 5.74) is 0.930. The van der Waals surface area contributed by atoms with Crippen molar-refractivity contribution in [2.24, 2.45) is 5.92 Å². The van der Waals surface area contributed by atoms with E-state index in [2.05, 4.69) is 4.74 Å². The molecule has 1 fully saturated rings. The number of carbonyl (C=O) groups excluding carboxylic acids is 2. The van der Waals surface area contributed by atoms with Gasteiger partial charge in [0.15, 0.2) is 17.3 Å². The van der Waals surface area contributed by atoms with Crippen LogP contribution >= 0.6 is 0 Å². The van der Waals surface area contributed by atoms with Gasteiger partial charge in [-0.3, -0.25) is 9.59 Å². The molecule has 0 amide bonds. The molecular formula is C25H29FO6. The Morgan fingerprint density at radius 2 is 1.81 bits per heavy atom. The number of ketones is 1. The summed E-state index contributed by atoms with van der Waals surface area (Å²) < 4.78 is 29.3. The number of phenols is 1. The molecule has 7 heteroatoms. The van der Waals surface area contributed by atoms with Crippen LogP contribution in [0, 0.1) is 18.7 Å². The maximum Gasteiger partial charge on any atom is 0.298 e. The Labute approximate surface area is 187 Å². The maximum absolute atomic E-state index is 13.4. The maximum atomic E-state index is 13.4. The van der Waals surface area contributed by atoms with Crippen LogP contribution in [0.4, 0.5) is 4.39 Å². The number of ether oxygens (including phenoxy) is 3. The Kier molecular flexibility index (Phi) is 8.48. The third-order valence-electron chi connectivity index (χ3n) is 5.77. The minimum atomic E-state index is -0.636. The van der Waals surface area contributed by atoms with E-state index in [9.17, 15) is 19.1 Å². The van der Waals surface area contributed by atoms with Crippen LogP contribution in [0.5, 0.6) is 23.0 Å². The zero-order valence-corrected chi connectivity index (χ0v) is 18.3. The van der Waals surface area contributed by atoms with E-state index in [1.807, 2.05) is 0 Å². The topological polar surface area (TPSA) is 82.1 Å². The van der Waals surface area contributed by atoms with Gasteiger partial charge in [-0.05, 0) is 49.9 Å². The van der Waals surface area contributed by atoms with E-state index in [1.54, 1.807) is 19.1 Å². The molecule has 2 aromatic carbocycles. The molecule has 1 N–H and O–H groups in total. The number of Topliss-reactive ketones (excluding diaryl/α,β-unsaturated/α-hetero) is 1. The molecule has 6 nitrogen and oxygen atoms in total. The predicted octanol–water partition coefficient (Wildman–Crippen LogP) is 5.38. The second kappa shape index (κ2) is 11.5. The van der Waals surface area contributed by atoms with Gasteiger partial charge in [-0.15, -0.1) is 0 Å². The van der Waals surface area contributed by atoms with E-state index in [4.69, 9.17) is 9.47 Å². The number of benzene rings is 2. The zero-order chi connectivity index (χ0) is 22.9. The zero-order valence-electron chi connectivity index (χ0n) is 18.3. The van der Waals surface area contributed by atoms with Crippen LogP contribution in [-0.2, 0) is 4.79 Å². The normalized spacial score (nSPS) is 13.7. The van der Waals surface area contributed by atoms with Crippen molar-refractivity contribution in [2.45, 2.75) is 51.9 Å². The molecule has 0 bridgehead atoms. The van der Waals surface area contributed by atoms with Crippen molar-refractivity contribution in [1.29, 1.82) is 0 Å². The van der Waals surface area contributed by atoms with Gasteiger partial charge in [0, 0.05) is 18.1 Å². The number of halogens is 1. The Bertz CT molecular complexity index is 936. The largest absolute Gasteiger partial charge is 0.507 e. The summed E-state index contributed by atoms with van der Waals surface area (Å²) >= 11 is 0. The van der Waals surface area contributed by atoms with Gasteiger partial charge in [0.25, 0.3) is 6.47 Å². The number of rotatable bonds is 12. The molecule has 3 rings (SSSR count). The first-order chi connectivity index (χ1) is 15.5. The number of hydrogen-bond acceptors (Lipinski definition) is 6. The van der Waals surface area contributed by atoms with E-state index >= 15 is 0 Å². The summed E-state index contributed by atoms with van der Waals surface area (Å²) in [6, 6.07) is 7.34. The Morgan fingerprint density at radius 1 is 1.09 bits per heavy atom. The summed E-state index contributed by atoms with van der Waals surface area (Å²) in [5.74, 6) is 0.559. The second-order valence-electron chi connectivity index (χ2n) is 8.07. The van der Waals surface area contributed by atoms with Crippen molar-refractivity contribution in [1.82, 2.24) is 0 Å². The fourth-order valence-corrected chi connectivity index (χ4v) is 3.94. The third kappa shape index (κ3) is 6.22. The fourth-order valence-electron chi connectivity index (χ4n) is 3.94. The highest BCUT2D eigenvalue weighted by atomic mass is 19.1. The van der Waals surface area contributed by atoms with Gasteiger partial charge in [0.1, 0.15) is 17.2 Å². The minimum absolute atomic E-state index is 0.00140. The van der Waals surface area contributed by atoms with E-state index in [1.165, 1.54) is 31.0 Å². The highest BCUT2D eigenvalue weighted by molar-refractivity contribution is 5.99. The van der Waals surface area contributed by atoms with Crippen molar-refractivity contribution in [3.63, 3.8) is 0 Å². The van der Waals surface area contributed by atoms with Crippen molar-refractivity contribution < 1.29 is 33.3 Å². The van der Waals surface area contributed by atoms with Gasteiger partial charge in [-0.1, -0.05) is 25.7 Å². The standard InChI is InChI=1S/C25H29FO6/c1-17-23(11-9-20(25(17)29)22(28)14-18-6-2-3-7-18)31-13-5-4-12-30-19-8-10-21(26)24(15-19)32-16-27/h8-11,15-16,18,29H,2-7,12-14H2,1H3. The van der Waals surface area contributed by atoms with Crippen LogP contribution < -0.4 is 14.2 Å². The van der Waals surface area contributed by atoms with Gasteiger partial charge in [-0.25, -0.2) is 4.39 Å². The summed E-state index contributed by atoms with van der Waals surface area (Å²) in [6.45, 7) is 2.71. The van der Waals surface area contributed by atoms with Crippen LogP contribution in [-0.4, -0.2) is 30.6 Å². The lowest BCUT2D eigenvalue weighted by atomic mass is 9.95. The molecule has 2 aromatic rings. The number of carbonyl (C=O) groups is 2. The quantitative estimate of drug-likeness (QED) is 0.269. The molecule has 1 saturated carbocycles. The number of phenolic OH excluding ortho intramolecular Hbond substituents is 1. The molecular weight excluding hydrogens is 415 g/mol. The van der Waals surface area contributed by atoms with Gasteiger partial charge < -0.3 is 19.3 Å². The van der Waals surface area contributed by atoms with Gasteiger partial charge in [-0.2, -0.15) is 0 Å². The molecule has 1 aliphatic rings. The molecule has 0 unspecified atom stereocenters. The first-order valence-electron chi connectivity index (χ1n) is 11.0. The third-order valence-corrected chi connectivity index (χ3v) is 5.77. The summed E-state index contributed by atoms with van der Waals surface area (Å²) in [7, 11) is 0. The smallest absolute Gasteiger partial charge is 0.298 e. The molecule has 0 aliphatic heterocycles. The number of aromatic hydroxyl groups is 1. The minimum Gasteiger partial charge on any atom is -0.507 e. The highest BCUT2D eigenvalue weighted by Gasteiger charge is 2.22. The lowest BCUT2D eigenvalue weighted by molar-refractivity contribution is -0.120. The van der Waals surface area contributed by atoms with Crippen molar-refractivity contribution in [3.8, 4) is 23.0 Å². The fraction of sp³-hybridized carbons (Fsp3) is 0.440. The second-order valence-corrected chi connectivity index (χ2v) is 8.07. The Balaban J connectivity index is 1.43. The van der Waals surface area contributed by atoms with Crippen LogP contribution in [0.2, 0.25) is 0 Å². The molecule has 172 valence electrons. The highest BCUT2D eigenvalue weighted by Crippen LogP contribution is 2.34. The molecule has 0 radical (unpaired) electrons. The van der Waals surface area contributed by atoms with Crippen LogP contribution in [0.1, 0.15) is 60.9 Å². The van der Waals surface area contributed by atoms with Crippen molar-refractivity contribution in [2.75, 3.05) is 13.2 Å². The molecule has 1 aliphatic carbocycles. The molecule has 0 atom stereocenters. The lowest BCUT2D eigenvalue weighted by Gasteiger charge is -2.14. The van der Waals surface area contributed by atoms with Gasteiger partial charge >= 0.3 is 0 Å². The summed E-state index contributed by atoms with van der Waals surface area (Å²) in [6.07, 6.45) is 6.41. The van der Waals surface area contributed by atoms with Crippen molar-refractivity contribution in [3.05, 3.63) is 47.3 Å². The summed E-state index contributed by atoms with van der Waals surface area (Å²) in [4.78, 5) is 22.9. The predicted molar refractivity (Wildman–Crippen MR) is 117 cm³/mol. The van der Waals surface area contributed by atoms with Crippen molar-refractivity contribution >= 4 is 12.3 Å². The first kappa shape index (κ1) is 23.6. The van der Waals surface area contributed by atoms with E-state index in [0.29, 0.717) is 61.0 Å². The molecule has 0 saturated heterocycles. The average molecular weight is 444 g/mol. The first-order valence-corrected chi connectivity index (χ1v) is 11.0. The van der Waals surface area contributed by atoms with Gasteiger partial charge in [0.05, 0.1) is 18.8 Å². The van der Waals surface area contributed by atoms with E-state index < -0.39 is 5.82 Å². The van der Waals surface area contributed by atoms with Crippen LogP contribution in [0.15, 0.2) is 30.3 Å². The molecule has 0 spiro atoms. The molecule has 0 aromatic heterocycles. The number of unbranched alkanes of at least 4 members (excludes halogenated alkanes) is 1. The monoisotopic (exact) mass is 444 g/mol. The Morgan fingerprint density at radius 3 is 2.53 bits per heavy atom. The van der Waals surface area contributed by atoms with E-state index in [-0.39, 0.29) is 23.8 Å². The SMILES string of the molecule is Cc1c(OCCCCOc2ccc(F)c(OC=O)c2)ccc(C(=O)CC2CCCC2)c1O. The molecule has 0 heterocycles.